The Bertz CT molecular complexity index is 192. The van der Waals surface area contributed by atoms with Crippen LogP contribution in [0.25, 0.3) is 0 Å². The Kier molecular flexibility index (Phi) is 0.710. The van der Waals surface area contributed by atoms with E-state index in [1.165, 1.54) is 13.1 Å². The molecule has 0 bridgehead atoms. The number of hydrogen-bond donors (Lipinski definition) is 1. The van der Waals surface area contributed by atoms with Crippen molar-refractivity contribution in [2.45, 2.75) is 19.0 Å². The van der Waals surface area contributed by atoms with Crippen LogP contribution in [0.3, 0.4) is 0 Å². The molecule has 1 N–H and O–H groups in total. The molecule has 0 aromatic carbocycles. The Morgan fingerprint density at radius 1 is 1.60 bits per heavy atom. The minimum atomic E-state index is 0.745. The number of likely N-dealkylation sites (tertiary alicyclic amines) is 1. The summed E-state index contributed by atoms with van der Waals surface area (Å²) < 4.78 is 0. The maximum atomic E-state index is 3.58. The molecule has 2 aliphatic heterocycles. The summed E-state index contributed by atoms with van der Waals surface area (Å²) in [7, 11) is 2.24. The Morgan fingerprint density at radius 3 is 2.90 bits per heavy atom. The van der Waals surface area contributed by atoms with Crippen LogP contribution in [0.2, 0.25) is 0 Å². The van der Waals surface area contributed by atoms with Gasteiger partial charge in [-0.25, -0.2) is 0 Å². The number of nitrogens with one attached hydrogen (secondary N) is 1. The molecule has 10 heavy (non-hydrogen) atoms. The molecule has 0 aromatic rings. The predicted molar refractivity (Wildman–Crippen MR) is 39.8 cm³/mol. The number of hydrogen-bond acceptors (Lipinski definition) is 2. The molecule has 0 aromatic heterocycles. The highest BCUT2D eigenvalue weighted by molar-refractivity contribution is 5.30. The van der Waals surface area contributed by atoms with Crippen molar-refractivity contribution >= 4 is 0 Å². The van der Waals surface area contributed by atoms with Crippen molar-refractivity contribution in [3.63, 3.8) is 0 Å². The van der Waals surface area contributed by atoms with Gasteiger partial charge in [-0.15, -0.1) is 0 Å². The van der Waals surface area contributed by atoms with E-state index in [9.17, 15) is 0 Å². The Hall–Kier alpha value is -0.0800. The van der Waals surface area contributed by atoms with E-state index in [0.29, 0.717) is 0 Å². The first-order chi connectivity index (χ1) is 4.77. The quantitative estimate of drug-likeness (QED) is 0.503. The van der Waals surface area contributed by atoms with Gasteiger partial charge < -0.3 is 10.2 Å². The standard InChI is InChI=1S/C8H14N2/c1-5-7-8(5)4-10(2)6(8)3-9-7/h5-7,9H,3-4H2,1-2H3/t5?,6?,7-,8?/m0/s1. The zero-order valence-corrected chi connectivity index (χ0v) is 6.59. The number of likely N-dealkylation sites (N-methyl/N-ethyl adjacent to an activating group) is 1. The fourth-order valence-corrected chi connectivity index (χ4v) is 3.31. The molecule has 1 aliphatic carbocycles. The van der Waals surface area contributed by atoms with Crippen LogP contribution in [0.4, 0.5) is 0 Å². The van der Waals surface area contributed by atoms with Crippen LogP contribution < -0.4 is 5.32 Å². The van der Waals surface area contributed by atoms with E-state index < -0.39 is 0 Å². The molecule has 4 atom stereocenters. The molecule has 1 saturated carbocycles. The van der Waals surface area contributed by atoms with E-state index in [0.717, 1.165) is 23.4 Å². The van der Waals surface area contributed by atoms with Crippen LogP contribution in [0.15, 0.2) is 0 Å². The van der Waals surface area contributed by atoms with Crippen LogP contribution in [0.5, 0.6) is 0 Å². The van der Waals surface area contributed by atoms with E-state index in [-0.39, 0.29) is 0 Å². The highest BCUT2D eigenvalue weighted by Crippen LogP contribution is 2.64. The largest absolute Gasteiger partial charge is 0.311 e. The second-order valence-electron chi connectivity index (χ2n) is 4.22. The van der Waals surface area contributed by atoms with Crippen molar-refractivity contribution in [3.8, 4) is 0 Å². The molecule has 3 rings (SSSR count). The van der Waals surface area contributed by atoms with Crippen molar-refractivity contribution in [2.75, 3.05) is 20.1 Å². The molecule has 3 aliphatic rings. The summed E-state index contributed by atoms with van der Waals surface area (Å²) in [6, 6.07) is 1.76. The summed E-state index contributed by atoms with van der Waals surface area (Å²) >= 11 is 0. The number of nitrogens with zero attached hydrogens (tertiary/aromatic N) is 1. The lowest BCUT2D eigenvalue weighted by Gasteiger charge is -2.45. The molecule has 3 fully saturated rings. The lowest BCUT2D eigenvalue weighted by atomic mass is 9.85. The molecular formula is C8H14N2. The molecule has 0 amide bonds. The fourth-order valence-electron chi connectivity index (χ4n) is 3.31. The Balaban J connectivity index is 1.94. The average molecular weight is 138 g/mol. The van der Waals surface area contributed by atoms with E-state index in [1.807, 2.05) is 0 Å². The minimum Gasteiger partial charge on any atom is -0.311 e. The van der Waals surface area contributed by atoms with Gasteiger partial charge in [0.1, 0.15) is 0 Å². The molecule has 56 valence electrons. The van der Waals surface area contributed by atoms with Crippen molar-refractivity contribution in [2.24, 2.45) is 11.3 Å². The maximum Gasteiger partial charge on any atom is 0.0304 e. The van der Waals surface area contributed by atoms with Gasteiger partial charge in [-0.3, -0.25) is 0 Å². The zero-order valence-electron chi connectivity index (χ0n) is 6.59. The summed E-state index contributed by atoms with van der Waals surface area (Å²) in [4.78, 5) is 2.48. The number of rotatable bonds is 0. The van der Waals surface area contributed by atoms with Gasteiger partial charge in [0.15, 0.2) is 0 Å². The van der Waals surface area contributed by atoms with E-state index >= 15 is 0 Å². The second kappa shape index (κ2) is 1.28. The Morgan fingerprint density at radius 2 is 2.40 bits per heavy atom. The highest BCUT2D eigenvalue weighted by Gasteiger charge is 2.75. The van der Waals surface area contributed by atoms with E-state index in [4.69, 9.17) is 0 Å². The summed E-state index contributed by atoms with van der Waals surface area (Å²) in [6.45, 7) is 4.97. The molecule has 3 unspecified atom stereocenters. The predicted octanol–water partition coefficient (Wildman–Crippen LogP) is -0.0917. The molecule has 0 radical (unpaired) electrons. The number of piperidine rings is 1. The topological polar surface area (TPSA) is 15.3 Å². The van der Waals surface area contributed by atoms with Gasteiger partial charge in [-0.1, -0.05) is 6.92 Å². The first-order valence-electron chi connectivity index (χ1n) is 4.20. The van der Waals surface area contributed by atoms with Gasteiger partial charge in [0, 0.05) is 30.6 Å². The van der Waals surface area contributed by atoms with Crippen LogP contribution in [-0.2, 0) is 0 Å². The molecule has 2 heteroatoms. The first kappa shape index (κ1) is 5.56. The second-order valence-corrected chi connectivity index (χ2v) is 4.22. The minimum absolute atomic E-state index is 0.745. The van der Waals surface area contributed by atoms with Crippen LogP contribution in [0.1, 0.15) is 6.92 Å². The van der Waals surface area contributed by atoms with Gasteiger partial charge in [0.25, 0.3) is 0 Å². The van der Waals surface area contributed by atoms with E-state index in [1.54, 1.807) is 0 Å². The average Bonchev–Trinajstić information content (AvgIpc) is 2.40. The highest BCUT2D eigenvalue weighted by atomic mass is 15.3. The lowest BCUT2D eigenvalue weighted by molar-refractivity contribution is 0.0315. The fraction of sp³-hybridized carbons (Fsp3) is 1.00. The summed E-state index contributed by atoms with van der Waals surface area (Å²) in [5, 5.41) is 3.58. The van der Waals surface area contributed by atoms with Gasteiger partial charge in [-0.2, -0.15) is 0 Å². The molecule has 2 saturated heterocycles. The van der Waals surface area contributed by atoms with Crippen LogP contribution in [0, 0.1) is 11.3 Å². The smallest absolute Gasteiger partial charge is 0.0304 e. The third kappa shape index (κ3) is 0.330. The molecule has 2 nitrogen and oxygen atoms in total. The van der Waals surface area contributed by atoms with Crippen LogP contribution in [-0.4, -0.2) is 37.1 Å². The summed E-state index contributed by atoms with van der Waals surface area (Å²) in [5.41, 5.74) is 0.745. The maximum absolute atomic E-state index is 3.58. The third-order valence-electron chi connectivity index (χ3n) is 4.02. The molecular weight excluding hydrogens is 124 g/mol. The monoisotopic (exact) mass is 138 g/mol. The van der Waals surface area contributed by atoms with Gasteiger partial charge in [0.05, 0.1) is 0 Å². The van der Waals surface area contributed by atoms with Gasteiger partial charge >= 0.3 is 0 Å². The van der Waals surface area contributed by atoms with E-state index in [2.05, 4.69) is 24.2 Å². The van der Waals surface area contributed by atoms with Gasteiger partial charge in [0.2, 0.25) is 0 Å². The van der Waals surface area contributed by atoms with Crippen molar-refractivity contribution < 1.29 is 0 Å². The van der Waals surface area contributed by atoms with Crippen molar-refractivity contribution in [1.82, 2.24) is 10.2 Å². The normalized spacial score (nSPS) is 64.8. The SMILES string of the molecule is CC1[C@@H]2NCC3N(C)CC132. The first-order valence-corrected chi connectivity index (χ1v) is 4.20. The third-order valence-corrected chi connectivity index (χ3v) is 4.02. The zero-order chi connectivity index (χ0) is 6.93. The lowest BCUT2D eigenvalue weighted by Crippen LogP contribution is -2.57. The van der Waals surface area contributed by atoms with Crippen molar-refractivity contribution in [3.05, 3.63) is 0 Å². The molecule has 2 heterocycles. The Labute approximate surface area is 61.6 Å². The van der Waals surface area contributed by atoms with Crippen LogP contribution >= 0.6 is 0 Å². The summed E-state index contributed by atoms with van der Waals surface area (Å²) in [6.07, 6.45) is 0. The molecule has 1 spiro atoms. The van der Waals surface area contributed by atoms with Crippen molar-refractivity contribution in [1.29, 1.82) is 0 Å². The van der Waals surface area contributed by atoms with Gasteiger partial charge in [-0.05, 0) is 13.0 Å². The summed E-state index contributed by atoms with van der Waals surface area (Å²) in [5.74, 6) is 0.961.